The van der Waals surface area contributed by atoms with E-state index < -0.39 is 5.97 Å². The van der Waals surface area contributed by atoms with Crippen molar-refractivity contribution in [2.24, 2.45) is 0 Å². The lowest BCUT2D eigenvalue weighted by molar-refractivity contribution is -0.137. The van der Waals surface area contributed by atoms with Crippen molar-refractivity contribution in [1.29, 1.82) is 0 Å². The molecular weight excluding hydrogens is 408 g/mol. The first-order valence-corrected chi connectivity index (χ1v) is 15.0. The normalized spacial score (nSPS) is 10.8. The smallest absolute Gasteiger partial charge is 0.303 e. The summed E-state index contributed by atoms with van der Waals surface area (Å²) >= 11 is 0. The molecule has 0 amide bonds. The van der Waals surface area contributed by atoms with Gasteiger partial charge in [0.05, 0.1) is 0 Å². The predicted octanol–water partition coefficient (Wildman–Crippen LogP) is 10.2. The number of aliphatic hydroxyl groups excluding tert-OH is 1. The summed E-state index contributed by atoms with van der Waals surface area (Å²) in [6.45, 7) is 4.90. The van der Waals surface area contributed by atoms with Gasteiger partial charge in [0.1, 0.15) is 0 Å². The van der Waals surface area contributed by atoms with Gasteiger partial charge in [-0.05, 0) is 12.8 Å². The molecular formula is C30H62O3. The number of carboxylic acids is 1. The molecule has 0 atom stereocenters. The average Bonchev–Trinajstić information content (AvgIpc) is 2.81. The number of aliphatic hydroxyl groups is 1. The van der Waals surface area contributed by atoms with E-state index in [-0.39, 0.29) is 0 Å². The van der Waals surface area contributed by atoms with Gasteiger partial charge in [0.25, 0.3) is 0 Å². The minimum absolute atomic E-state index is 0.344. The molecule has 33 heavy (non-hydrogen) atoms. The van der Waals surface area contributed by atoms with Gasteiger partial charge in [0.15, 0.2) is 0 Å². The van der Waals surface area contributed by atoms with Crippen LogP contribution in [0, 0.1) is 0 Å². The molecule has 3 heteroatoms. The molecule has 0 bridgehead atoms. The van der Waals surface area contributed by atoms with Crippen molar-refractivity contribution in [2.45, 2.75) is 181 Å². The van der Waals surface area contributed by atoms with Crippen LogP contribution in [0.2, 0.25) is 0 Å². The fourth-order valence-corrected chi connectivity index (χ4v) is 4.25. The van der Waals surface area contributed by atoms with E-state index in [1.807, 2.05) is 0 Å². The van der Waals surface area contributed by atoms with Crippen molar-refractivity contribution >= 4 is 5.97 Å². The molecule has 0 spiro atoms. The van der Waals surface area contributed by atoms with Crippen LogP contribution in [0.15, 0.2) is 0 Å². The number of rotatable bonds is 26. The zero-order valence-corrected chi connectivity index (χ0v) is 22.9. The van der Waals surface area contributed by atoms with E-state index in [2.05, 4.69) is 13.8 Å². The highest BCUT2D eigenvalue weighted by Crippen LogP contribution is 2.13. The SMILES string of the molecule is CCCCCCCCCCCCCC(=O)O.CCCCCCCCCCCCCCCCO. The van der Waals surface area contributed by atoms with Gasteiger partial charge in [-0.25, -0.2) is 0 Å². The van der Waals surface area contributed by atoms with Crippen LogP contribution < -0.4 is 0 Å². The van der Waals surface area contributed by atoms with Gasteiger partial charge in [0.2, 0.25) is 0 Å². The summed E-state index contributed by atoms with van der Waals surface area (Å²) < 4.78 is 0. The van der Waals surface area contributed by atoms with Crippen LogP contribution in [-0.2, 0) is 4.79 Å². The van der Waals surface area contributed by atoms with Crippen LogP contribution >= 0.6 is 0 Å². The second kappa shape index (κ2) is 33.6. The Morgan fingerprint density at radius 2 is 0.667 bits per heavy atom. The number of hydrogen-bond acceptors (Lipinski definition) is 2. The van der Waals surface area contributed by atoms with Gasteiger partial charge in [-0.2, -0.15) is 0 Å². The molecule has 0 aromatic heterocycles. The van der Waals surface area contributed by atoms with E-state index in [0.717, 1.165) is 19.3 Å². The van der Waals surface area contributed by atoms with Crippen LogP contribution in [-0.4, -0.2) is 22.8 Å². The predicted molar refractivity (Wildman–Crippen MR) is 146 cm³/mol. The summed E-state index contributed by atoms with van der Waals surface area (Å²) in [6, 6.07) is 0. The Morgan fingerprint density at radius 3 is 0.909 bits per heavy atom. The summed E-state index contributed by atoms with van der Waals surface area (Å²) in [5.74, 6) is -0.657. The highest BCUT2D eigenvalue weighted by atomic mass is 16.4. The molecule has 0 unspecified atom stereocenters. The van der Waals surface area contributed by atoms with Gasteiger partial charge in [0, 0.05) is 13.0 Å². The Hall–Kier alpha value is -0.570. The van der Waals surface area contributed by atoms with Crippen molar-refractivity contribution in [2.75, 3.05) is 6.61 Å². The van der Waals surface area contributed by atoms with E-state index in [9.17, 15) is 4.79 Å². The van der Waals surface area contributed by atoms with Gasteiger partial charge in [-0.15, -0.1) is 0 Å². The Labute approximate surface area is 208 Å². The second-order valence-corrected chi connectivity index (χ2v) is 10.00. The van der Waals surface area contributed by atoms with Crippen LogP contribution in [0.3, 0.4) is 0 Å². The van der Waals surface area contributed by atoms with Gasteiger partial charge in [-0.3, -0.25) is 4.79 Å². The number of unbranched alkanes of at least 4 members (excludes halogenated alkanes) is 23. The summed E-state index contributed by atoms with van der Waals surface area (Å²) in [6.07, 6.45) is 33.6. The van der Waals surface area contributed by atoms with Crippen molar-refractivity contribution in [3.05, 3.63) is 0 Å². The molecule has 3 nitrogen and oxygen atoms in total. The van der Waals surface area contributed by atoms with Gasteiger partial charge >= 0.3 is 5.97 Å². The Morgan fingerprint density at radius 1 is 0.424 bits per heavy atom. The zero-order valence-electron chi connectivity index (χ0n) is 22.9. The Kier molecular flexibility index (Phi) is 35.2. The molecule has 0 rings (SSSR count). The number of carbonyl (C=O) groups is 1. The van der Waals surface area contributed by atoms with Crippen molar-refractivity contribution < 1.29 is 15.0 Å². The van der Waals surface area contributed by atoms with Gasteiger partial charge in [-0.1, -0.05) is 162 Å². The summed E-state index contributed by atoms with van der Waals surface area (Å²) in [5.41, 5.74) is 0. The first kappa shape index (κ1) is 34.6. The Balaban J connectivity index is 0. The van der Waals surface area contributed by atoms with Crippen LogP contribution in [0.4, 0.5) is 0 Å². The summed E-state index contributed by atoms with van der Waals surface area (Å²) in [7, 11) is 0. The topological polar surface area (TPSA) is 57.5 Å². The molecule has 0 aliphatic heterocycles. The van der Waals surface area contributed by atoms with Crippen molar-refractivity contribution in [3.63, 3.8) is 0 Å². The van der Waals surface area contributed by atoms with Crippen LogP contribution in [0.5, 0.6) is 0 Å². The largest absolute Gasteiger partial charge is 0.481 e. The molecule has 0 radical (unpaired) electrons. The third-order valence-electron chi connectivity index (χ3n) is 6.51. The van der Waals surface area contributed by atoms with Crippen LogP contribution in [0.25, 0.3) is 0 Å². The minimum Gasteiger partial charge on any atom is -0.481 e. The standard InChI is InChI=1S/C16H34O.C14H28O2/c1-2-3-4-5-6-7-8-9-10-11-12-13-14-15-16-17;1-2-3-4-5-6-7-8-9-10-11-12-13-14(15)16/h17H,2-16H2,1H3;2-13H2,1H3,(H,15,16). The lowest BCUT2D eigenvalue weighted by Crippen LogP contribution is -1.93. The Bertz CT molecular complexity index is 329. The maximum Gasteiger partial charge on any atom is 0.303 e. The molecule has 0 aromatic carbocycles. The number of carboxylic acid groups (broad SMARTS) is 1. The molecule has 200 valence electrons. The molecule has 2 N–H and O–H groups in total. The molecule has 0 heterocycles. The molecule has 0 aliphatic carbocycles. The second-order valence-electron chi connectivity index (χ2n) is 10.00. The zero-order chi connectivity index (χ0) is 24.7. The average molecular weight is 471 g/mol. The molecule has 0 saturated carbocycles. The third-order valence-corrected chi connectivity index (χ3v) is 6.51. The fraction of sp³-hybridized carbons (Fsp3) is 0.967. The maximum absolute atomic E-state index is 10.3. The number of aliphatic carboxylic acids is 1. The number of hydrogen-bond donors (Lipinski definition) is 2. The van der Waals surface area contributed by atoms with E-state index in [0.29, 0.717) is 13.0 Å². The summed E-state index contributed by atoms with van der Waals surface area (Å²) in [5, 5.41) is 17.1. The highest BCUT2D eigenvalue weighted by Gasteiger charge is 1.97. The lowest BCUT2D eigenvalue weighted by atomic mass is 10.0. The van der Waals surface area contributed by atoms with E-state index in [4.69, 9.17) is 10.2 Å². The lowest BCUT2D eigenvalue weighted by Gasteiger charge is -2.02. The molecule has 0 saturated heterocycles. The maximum atomic E-state index is 10.3. The molecule has 0 aliphatic rings. The molecule has 0 aromatic rings. The van der Waals surface area contributed by atoms with E-state index in [1.165, 1.54) is 141 Å². The first-order valence-electron chi connectivity index (χ1n) is 15.0. The van der Waals surface area contributed by atoms with Crippen molar-refractivity contribution in [3.8, 4) is 0 Å². The first-order chi connectivity index (χ1) is 16.2. The minimum atomic E-state index is -0.657. The third kappa shape index (κ3) is 39.0. The fourth-order valence-electron chi connectivity index (χ4n) is 4.25. The van der Waals surface area contributed by atoms with E-state index >= 15 is 0 Å². The highest BCUT2D eigenvalue weighted by molar-refractivity contribution is 5.66. The monoisotopic (exact) mass is 470 g/mol. The van der Waals surface area contributed by atoms with Gasteiger partial charge < -0.3 is 10.2 Å². The molecule has 0 fully saturated rings. The van der Waals surface area contributed by atoms with Crippen LogP contribution in [0.1, 0.15) is 181 Å². The summed E-state index contributed by atoms with van der Waals surface area (Å²) in [4.78, 5) is 10.3. The van der Waals surface area contributed by atoms with E-state index in [1.54, 1.807) is 0 Å². The quantitative estimate of drug-likeness (QED) is 0.124. The van der Waals surface area contributed by atoms with Crippen molar-refractivity contribution in [1.82, 2.24) is 0 Å².